The van der Waals surface area contributed by atoms with Crippen LogP contribution < -0.4 is 4.74 Å². The van der Waals surface area contributed by atoms with Crippen LogP contribution in [0.5, 0.6) is 5.75 Å². The molecule has 7 rings (SSSR count). The lowest BCUT2D eigenvalue weighted by Crippen LogP contribution is -2.34. The molecule has 0 saturated carbocycles. The molecule has 0 fully saturated rings. The first-order valence-corrected chi connectivity index (χ1v) is 21.0. The molecule has 1 atom stereocenters. The van der Waals surface area contributed by atoms with E-state index in [1.807, 2.05) is 75.4 Å². The van der Waals surface area contributed by atoms with Gasteiger partial charge in [-0.3, -0.25) is 4.79 Å². The van der Waals surface area contributed by atoms with Crippen molar-refractivity contribution in [3.63, 3.8) is 0 Å². The number of ether oxygens (including phenoxy) is 1. The average molecular weight is 835 g/mol. The Morgan fingerprint density at radius 1 is 0.817 bits per heavy atom. The molecule has 0 saturated heterocycles. The van der Waals surface area contributed by atoms with Crippen molar-refractivity contribution in [3.8, 4) is 5.75 Å². The first-order valence-electron chi connectivity index (χ1n) is 20.1. The van der Waals surface area contributed by atoms with Crippen LogP contribution in [-0.2, 0) is 11.4 Å². The van der Waals surface area contributed by atoms with Crippen LogP contribution in [0.15, 0.2) is 108 Å². The maximum absolute atomic E-state index is 14.8. The van der Waals surface area contributed by atoms with Crippen molar-refractivity contribution < 1.29 is 36.7 Å². The summed E-state index contributed by atoms with van der Waals surface area (Å²) in [5.41, 5.74) is 6.53. The van der Waals surface area contributed by atoms with E-state index in [-0.39, 0.29) is 27.7 Å². The van der Waals surface area contributed by atoms with Crippen LogP contribution in [-0.4, -0.2) is 41.0 Å². The molecule has 0 aliphatic heterocycles. The largest absolute Gasteiger partial charge is 0.486 e. The van der Waals surface area contributed by atoms with E-state index in [1.165, 1.54) is 18.2 Å². The van der Waals surface area contributed by atoms with Crippen molar-refractivity contribution in [3.05, 3.63) is 146 Å². The molecule has 0 bridgehead atoms. The molecule has 2 heterocycles. The van der Waals surface area contributed by atoms with Gasteiger partial charge in [-0.2, -0.15) is 8.78 Å². The van der Waals surface area contributed by atoms with Gasteiger partial charge in [0.15, 0.2) is 12.4 Å². The van der Waals surface area contributed by atoms with Crippen molar-refractivity contribution in [2.75, 3.05) is 6.61 Å². The second kappa shape index (κ2) is 17.8. The smallest absolute Gasteiger partial charge is 0.375 e. The normalized spacial score (nSPS) is 12.8. The van der Waals surface area contributed by atoms with Crippen LogP contribution in [0.4, 0.5) is 17.6 Å². The van der Waals surface area contributed by atoms with Crippen LogP contribution in [0.25, 0.3) is 32.6 Å². The van der Waals surface area contributed by atoms with Crippen LogP contribution in [0.3, 0.4) is 0 Å². The van der Waals surface area contributed by atoms with Gasteiger partial charge in [-0.05, 0) is 91.4 Å². The first-order chi connectivity index (χ1) is 28.8. The van der Waals surface area contributed by atoms with E-state index < -0.39 is 24.9 Å². The third kappa shape index (κ3) is 8.45. The van der Waals surface area contributed by atoms with E-state index in [1.54, 1.807) is 29.6 Å². The summed E-state index contributed by atoms with van der Waals surface area (Å²) in [5, 5.41) is 9.37. The summed E-state index contributed by atoms with van der Waals surface area (Å²) in [6.45, 7) is 9.43. The van der Waals surface area contributed by atoms with Gasteiger partial charge in [0, 0.05) is 50.5 Å². The van der Waals surface area contributed by atoms with Gasteiger partial charge in [-0.15, -0.1) is 11.3 Å². The number of halogens is 4. The second-order valence-electron chi connectivity index (χ2n) is 15.4. The second-order valence-corrected chi connectivity index (χ2v) is 16.3. The van der Waals surface area contributed by atoms with Crippen molar-refractivity contribution in [1.82, 2.24) is 4.57 Å². The lowest BCUT2D eigenvalue weighted by atomic mass is 9.89. The fourth-order valence-corrected chi connectivity index (χ4v) is 8.74. The molecule has 1 unspecified atom stereocenters. The molecular formula is C49H46F4N2O4S. The number of carbonyl (C=O) groups is 2. The molecule has 0 radical (unpaired) electrons. The Morgan fingerprint density at radius 3 is 2.22 bits per heavy atom. The SMILES string of the molecule is CCCCC(CC)Cn1c2ccc(/C(=N\OC(=O)c3cccs3)c3ccccc3OCC(F)(F)C(F)F)cc2c2cc(C(=O)c3c(C)cc(C)cc3C)c3ccccc3c21. The highest BCUT2D eigenvalue weighted by molar-refractivity contribution is 7.11. The van der Waals surface area contributed by atoms with E-state index >= 15 is 0 Å². The van der Waals surface area contributed by atoms with Crippen LogP contribution in [0.1, 0.15) is 92.9 Å². The zero-order valence-electron chi connectivity index (χ0n) is 34.2. The van der Waals surface area contributed by atoms with Gasteiger partial charge < -0.3 is 14.1 Å². The first kappa shape index (κ1) is 42.3. The number of benzene rings is 5. The average Bonchev–Trinajstić information content (AvgIpc) is 3.88. The quantitative estimate of drug-likeness (QED) is 0.0320. The lowest BCUT2D eigenvalue weighted by molar-refractivity contribution is -0.148. The highest BCUT2D eigenvalue weighted by atomic mass is 32.1. The molecule has 0 aliphatic carbocycles. The molecule has 0 amide bonds. The Hall–Kier alpha value is -5.81. The maximum atomic E-state index is 14.8. The minimum atomic E-state index is -4.42. The summed E-state index contributed by atoms with van der Waals surface area (Å²) in [6, 6.07) is 28.9. The molecular weight excluding hydrogens is 789 g/mol. The summed E-state index contributed by atoms with van der Waals surface area (Å²) in [7, 11) is 0. The molecule has 6 nitrogen and oxygen atoms in total. The number of thiophene rings is 1. The molecule has 5 aromatic carbocycles. The van der Waals surface area contributed by atoms with Gasteiger partial charge in [0.1, 0.15) is 16.3 Å². The number of hydrogen-bond donors (Lipinski definition) is 0. The molecule has 7 aromatic rings. The van der Waals surface area contributed by atoms with E-state index in [2.05, 4.69) is 23.6 Å². The molecule has 0 aliphatic rings. The number of carbonyl (C=O) groups excluding carboxylic acids is 2. The third-order valence-corrected chi connectivity index (χ3v) is 11.9. The fourth-order valence-electron chi connectivity index (χ4n) is 8.15. The van der Waals surface area contributed by atoms with Gasteiger partial charge in [0.25, 0.3) is 0 Å². The van der Waals surface area contributed by atoms with Crippen LogP contribution in [0, 0.1) is 26.7 Å². The number of nitrogens with zero attached hydrogens (tertiary/aromatic N) is 2. The minimum Gasteiger partial charge on any atom is -0.486 e. The predicted molar refractivity (Wildman–Crippen MR) is 233 cm³/mol. The summed E-state index contributed by atoms with van der Waals surface area (Å²) in [5.74, 6) is -5.04. The number of fused-ring (bicyclic) bond motifs is 5. The van der Waals surface area contributed by atoms with Gasteiger partial charge in [0.05, 0.1) is 5.52 Å². The third-order valence-electron chi connectivity index (χ3n) is 11.1. The Labute approximate surface area is 350 Å². The van der Waals surface area contributed by atoms with Gasteiger partial charge >= 0.3 is 18.3 Å². The monoisotopic (exact) mass is 834 g/mol. The summed E-state index contributed by atoms with van der Waals surface area (Å²) < 4.78 is 62.5. The number of unbranched alkanes of at least 4 members (excludes halogenated alkanes) is 1. The van der Waals surface area contributed by atoms with E-state index in [0.29, 0.717) is 22.6 Å². The number of alkyl halides is 4. The fraction of sp³-hybridized carbons (Fsp3) is 0.286. The molecule has 0 N–H and O–H groups in total. The van der Waals surface area contributed by atoms with E-state index in [4.69, 9.17) is 9.57 Å². The number of para-hydroxylation sites is 1. The molecule has 2 aromatic heterocycles. The standard InChI is InChI=1S/C49H46F4N2O4S/c1-6-8-14-32(7-2)27-55-40-21-20-33(44(54-59-47(57)42-19-13-22-60-42)36-17-11-12-18-41(36)58-28-49(52,53)48(50)51)25-37(40)38-26-39(34-15-9-10-16-35(34)45(38)55)46(56)43-30(4)23-29(3)24-31(43)5/h9-13,15-26,32,48H,6-8,14,27-28H2,1-5H3/b54-44+. The highest BCUT2D eigenvalue weighted by Gasteiger charge is 2.42. The zero-order valence-corrected chi connectivity index (χ0v) is 35.0. The number of aryl methyl sites for hydroxylation is 3. The van der Waals surface area contributed by atoms with Crippen molar-refractivity contribution in [2.24, 2.45) is 11.1 Å². The van der Waals surface area contributed by atoms with Gasteiger partial charge in [-0.25, -0.2) is 13.6 Å². The lowest BCUT2D eigenvalue weighted by Gasteiger charge is -2.19. The van der Waals surface area contributed by atoms with Crippen molar-refractivity contribution >= 4 is 61.4 Å². The number of aromatic nitrogens is 1. The Balaban J connectivity index is 1.48. The van der Waals surface area contributed by atoms with Gasteiger partial charge in [0.2, 0.25) is 0 Å². The summed E-state index contributed by atoms with van der Waals surface area (Å²) in [6.07, 6.45) is 0.228. The van der Waals surface area contributed by atoms with E-state index in [9.17, 15) is 27.2 Å². The molecule has 60 heavy (non-hydrogen) atoms. The van der Waals surface area contributed by atoms with Crippen LogP contribution in [0.2, 0.25) is 0 Å². The predicted octanol–water partition coefficient (Wildman–Crippen LogP) is 13.3. The molecule has 310 valence electrons. The number of ketones is 1. The van der Waals surface area contributed by atoms with Crippen LogP contribution >= 0.6 is 11.3 Å². The Kier molecular flexibility index (Phi) is 12.6. The van der Waals surface area contributed by atoms with Crippen molar-refractivity contribution in [1.29, 1.82) is 0 Å². The summed E-state index contributed by atoms with van der Waals surface area (Å²) in [4.78, 5) is 33.7. The number of oxime groups is 1. The Bertz CT molecular complexity index is 2710. The maximum Gasteiger partial charge on any atom is 0.375 e. The highest BCUT2D eigenvalue weighted by Crippen LogP contribution is 2.40. The van der Waals surface area contributed by atoms with E-state index in [0.717, 1.165) is 92.8 Å². The molecule has 0 spiro atoms. The van der Waals surface area contributed by atoms with Crippen molar-refractivity contribution in [2.45, 2.75) is 79.2 Å². The topological polar surface area (TPSA) is 69.9 Å². The minimum absolute atomic E-state index is 0.0519. The molecule has 11 heteroatoms. The number of hydrogen-bond acceptors (Lipinski definition) is 6. The summed E-state index contributed by atoms with van der Waals surface area (Å²) >= 11 is 1.16. The van der Waals surface area contributed by atoms with Gasteiger partial charge in [-0.1, -0.05) is 104 Å². The number of rotatable bonds is 16. The Morgan fingerprint density at radius 2 is 1.53 bits per heavy atom. The zero-order chi connectivity index (χ0) is 42.7.